The van der Waals surface area contributed by atoms with Gasteiger partial charge in [-0.1, -0.05) is 31.3 Å². The van der Waals surface area contributed by atoms with E-state index in [9.17, 15) is 14.0 Å². The molecule has 8 nitrogen and oxygen atoms in total. The van der Waals surface area contributed by atoms with Gasteiger partial charge in [0.2, 0.25) is 16.9 Å². The van der Waals surface area contributed by atoms with E-state index in [-0.39, 0.29) is 36.0 Å². The van der Waals surface area contributed by atoms with E-state index < -0.39 is 11.7 Å². The number of nitrogens with one attached hydrogen (secondary N) is 2. The van der Waals surface area contributed by atoms with E-state index in [4.69, 9.17) is 0 Å². The van der Waals surface area contributed by atoms with Crippen molar-refractivity contribution in [2.45, 2.75) is 26.7 Å². The maximum Gasteiger partial charge on any atom is 0.231 e. The van der Waals surface area contributed by atoms with Crippen LogP contribution in [0.5, 0.6) is 0 Å². The van der Waals surface area contributed by atoms with Crippen LogP contribution in [0.25, 0.3) is 10.9 Å². The summed E-state index contributed by atoms with van der Waals surface area (Å²) in [5, 5.41) is 19.1. The molecule has 146 valence electrons. The van der Waals surface area contributed by atoms with Gasteiger partial charge >= 0.3 is 0 Å². The molecule has 0 saturated carbocycles. The van der Waals surface area contributed by atoms with Crippen LogP contribution in [0.15, 0.2) is 18.2 Å². The Kier molecular flexibility index (Phi) is 4.80. The minimum Gasteiger partial charge on any atom is -0.300 e. The van der Waals surface area contributed by atoms with Gasteiger partial charge in [0.25, 0.3) is 0 Å². The van der Waals surface area contributed by atoms with Crippen LogP contribution in [0.2, 0.25) is 0 Å². The van der Waals surface area contributed by atoms with Crippen molar-refractivity contribution in [1.29, 1.82) is 0 Å². The summed E-state index contributed by atoms with van der Waals surface area (Å²) >= 11 is 1.33. The van der Waals surface area contributed by atoms with Crippen molar-refractivity contribution in [3.05, 3.63) is 29.0 Å². The summed E-state index contributed by atoms with van der Waals surface area (Å²) in [5.41, 5.74) is 0.502. The predicted octanol–water partition coefficient (Wildman–Crippen LogP) is 2.74. The molecule has 3 aromatic rings. The monoisotopic (exact) mass is 402 g/mol. The second-order valence-electron chi connectivity index (χ2n) is 7.20. The first-order valence-electron chi connectivity index (χ1n) is 8.98. The number of carbonyl (C=O) groups excluding carboxylic acids is 2. The van der Waals surface area contributed by atoms with Crippen LogP contribution in [-0.2, 0) is 16.0 Å². The Morgan fingerprint density at radius 1 is 1.43 bits per heavy atom. The SMILES string of the molecule is CC(C)Cc1nnc(NC(=O)C2CC(=O)N(c3n[nH]c4cccc(F)c34)C2)s1. The van der Waals surface area contributed by atoms with Crippen LogP contribution in [0.3, 0.4) is 0 Å². The van der Waals surface area contributed by atoms with Gasteiger partial charge in [0, 0.05) is 19.4 Å². The third-order valence-corrected chi connectivity index (χ3v) is 5.41. The topological polar surface area (TPSA) is 104 Å². The number of hydrogen-bond donors (Lipinski definition) is 2. The lowest BCUT2D eigenvalue weighted by molar-refractivity contribution is -0.122. The minimum absolute atomic E-state index is 0.0340. The highest BCUT2D eigenvalue weighted by atomic mass is 32.1. The molecule has 3 heterocycles. The zero-order valence-corrected chi connectivity index (χ0v) is 16.2. The van der Waals surface area contributed by atoms with Gasteiger partial charge in [-0.15, -0.1) is 10.2 Å². The van der Waals surface area contributed by atoms with Gasteiger partial charge in [0.05, 0.1) is 16.8 Å². The van der Waals surface area contributed by atoms with E-state index in [1.807, 2.05) is 0 Å². The van der Waals surface area contributed by atoms with E-state index in [0.29, 0.717) is 16.6 Å². The average Bonchev–Trinajstić information content (AvgIpc) is 3.33. The van der Waals surface area contributed by atoms with Crippen LogP contribution < -0.4 is 10.2 Å². The molecular weight excluding hydrogens is 383 g/mol. The van der Waals surface area contributed by atoms with Crippen LogP contribution in [0, 0.1) is 17.7 Å². The number of rotatable bonds is 5. The van der Waals surface area contributed by atoms with Gasteiger partial charge in [-0.25, -0.2) is 4.39 Å². The first kappa shape index (κ1) is 18.5. The fourth-order valence-electron chi connectivity index (χ4n) is 3.24. The van der Waals surface area contributed by atoms with E-state index in [0.717, 1.165) is 11.4 Å². The number of carbonyl (C=O) groups is 2. The lowest BCUT2D eigenvalue weighted by Gasteiger charge is -2.14. The average molecular weight is 402 g/mol. The Morgan fingerprint density at radius 3 is 3.04 bits per heavy atom. The molecule has 2 aromatic heterocycles. The van der Waals surface area contributed by atoms with Gasteiger partial charge in [-0.2, -0.15) is 5.10 Å². The maximum atomic E-state index is 14.2. The normalized spacial score (nSPS) is 17.1. The summed E-state index contributed by atoms with van der Waals surface area (Å²) in [6.45, 7) is 4.30. The molecular formula is C18H19FN6O2S. The van der Waals surface area contributed by atoms with Crippen molar-refractivity contribution in [2.24, 2.45) is 11.8 Å². The molecule has 1 fully saturated rings. The fraction of sp³-hybridized carbons (Fsp3) is 0.389. The highest BCUT2D eigenvalue weighted by molar-refractivity contribution is 7.15. The van der Waals surface area contributed by atoms with Gasteiger partial charge in [-0.05, 0) is 18.1 Å². The summed E-state index contributed by atoms with van der Waals surface area (Å²) in [6.07, 6.45) is 0.827. The number of hydrogen-bond acceptors (Lipinski definition) is 6. The summed E-state index contributed by atoms with van der Waals surface area (Å²) < 4.78 is 14.2. The molecule has 1 unspecified atom stereocenters. The number of aromatic nitrogens is 4. The number of halogens is 1. The van der Waals surface area contributed by atoms with Crippen LogP contribution >= 0.6 is 11.3 Å². The summed E-state index contributed by atoms with van der Waals surface area (Å²) in [4.78, 5) is 26.4. The smallest absolute Gasteiger partial charge is 0.231 e. The van der Waals surface area contributed by atoms with Crippen LogP contribution in [0.4, 0.5) is 15.3 Å². The Bertz CT molecular complexity index is 1050. The molecule has 0 spiro atoms. The zero-order chi connectivity index (χ0) is 19.8. The second-order valence-corrected chi connectivity index (χ2v) is 8.27. The standard InChI is InChI=1S/C18H19FN6O2S/c1-9(2)6-13-22-24-18(28-13)20-17(27)10-7-14(26)25(8-10)16-15-11(19)4-3-5-12(15)21-23-16/h3-5,9-10H,6-8H2,1-2H3,(H,21,23)(H,20,24,27). The fourth-order valence-corrected chi connectivity index (χ4v) is 4.19. The van der Waals surface area contributed by atoms with E-state index in [1.165, 1.54) is 22.3 Å². The molecule has 4 rings (SSSR count). The summed E-state index contributed by atoms with van der Waals surface area (Å²) in [6, 6.07) is 4.57. The van der Waals surface area contributed by atoms with Crippen molar-refractivity contribution < 1.29 is 14.0 Å². The highest BCUT2D eigenvalue weighted by Gasteiger charge is 2.37. The molecule has 1 saturated heterocycles. The lowest BCUT2D eigenvalue weighted by atomic mass is 10.1. The molecule has 1 aliphatic heterocycles. The van der Waals surface area contributed by atoms with Crippen LogP contribution in [0.1, 0.15) is 25.3 Å². The molecule has 10 heteroatoms. The highest BCUT2D eigenvalue weighted by Crippen LogP contribution is 2.32. The predicted molar refractivity (Wildman–Crippen MR) is 104 cm³/mol. The Morgan fingerprint density at radius 2 is 2.25 bits per heavy atom. The third-order valence-electron chi connectivity index (χ3n) is 4.55. The Hall–Kier alpha value is -2.88. The molecule has 1 aromatic carbocycles. The zero-order valence-electron chi connectivity index (χ0n) is 15.4. The van der Waals surface area contributed by atoms with Gasteiger partial charge < -0.3 is 5.32 Å². The number of aromatic amines is 1. The molecule has 0 aliphatic carbocycles. The largest absolute Gasteiger partial charge is 0.300 e. The van der Waals surface area contributed by atoms with Gasteiger partial charge in [0.15, 0.2) is 5.82 Å². The first-order chi connectivity index (χ1) is 13.4. The van der Waals surface area contributed by atoms with E-state index in [2.05, 4.69) is 39.6 Å². The Balaban J connectivity index is 1.48. The van der Waals surface area contributed by atoms with Crippen LogP contribution in [-0.4, -0.2) is 38.8 Å². The van der Waals surface area contributed by atoms with Gasteiger partial charge in [0.1, 0.15) is 10.8 Å². The summed E-state index contributed by atoms with van der Waals surface area (Å²) in [5.74, 6) is -0.944. The molecule has 1 atom stereocenters. The minimum atomic E-state index is -0.566. The van der Waals surface area contributed by atoms with Crippen molar-refractivity contribution in [3.8, 4) is 0 Å². The molecule has 2 N–H and O–H groups in total. The maximum absolute atomic E-state index is 14.2. The summed E-state index contributed by atoms with van der Waals surface area (Å²) in [7, 11) is 0. The molecule has 0 bridgehead atoms. The van der Waals surface area contributed by atoms with Crippen molar-refractivity contribution in [1.82, 2.24) is 20.4 Å². The first-order valence-corrected chi connectivity index (χ1v) is 9.80. The lowest BCUT2D eigenvalue weighted by Crippen LogP contribution is -2.28. The molecule has 28 heavy (non-hydrogen) atoms. The number of nitrogens with zero attached hydrogens (tertiary/aromatic N) is 4. The molecule has 0 radical (unpaired) electrons. The van der Waals surface area contributed by atoms with Crippen molar-refractivity contribution >= 4 is 45.0 Å². The Labute approximate surface area is 164 Å². The number of benzene rings is 1. The molecule has 2 amide bonds. The number of amides is 2. The third kappa shape index (κ3) is 3.47. The van der Waals surface area contributed by atoms with Crippen molar-refractivity contribution in [2.75, 3.05) is 16.8 Å². The van der Waals surface area contributed by atoms with E-state index >= 15 is 0 Å². The van der Waals surface area contributed by atoms with E-state index in [1.54, 1.807) is 12.1 Å². The number of H-pyrrole nitrogens is 1. The van der Waals surface area contributed by atoms with Gasteiger partial charge in [-0.3, -0.25) is 19.6 Å². The number of anilines is 2. The van der Waals surface area contributed by atoms with Crippen molar-refractivity contribution in [3.63, 3.8) is 0 Å². The number of fused-ring (bicyclic) bond motifs is 1. The quantitative estimate of drug-likeness (QED) is 0.683. The second kappa shape index (κ2) is 7.27. The molecule has 1 aliphatic rings.